The summed E-state index contributed by atoms with van der Waals surface area (Å²) in [6, 6.07) is 11.9. The van der Waals surface area contributed by atoms with Gasteiger partial charge in [0.25, 0.3) is 0 Å². The number of amides is 1. The Balaban J connectivity index is 1.31. The lowest BCUT2D eigenvalue weighted by Gasteiger charge is -2.33. The summed E-state index contributed by atoms with van der Waals surface area (Å²) in [5, 5.41) is 6.52. The number of aromatic nitrogens is 2. The van der Waals surface area contributed by atoms with Crippen molar-refractivity contribution in [3.05, 3.63) is 59.2 Å². The first-order chi connectivity index (χ1) is 17.8. The van der Waals surface area contributed by atoms with E-state index in [0.29, 0.717) is 46.7 Å². The van der Waals surface area contributed by atoms with Gasteiger partial charge in [-0.25, -0.2) is 18.4 Å². The molecule has 0 atom stereocenters. The Kier molecular flexibility index (Phi) is 7.43. The van der Waals surface area contributed by atoms with Crippen LogP contribution in [0.5, 0.6) is 0 Å². The molecule has 2 aromatic carbocycles. The van der Waals surface area contributed by atoms with E-state index in [2.05, 4.69) is 32.4 Å². The number of carbonyl (C=O) groups is 1. The van der Waals surface area contributed by atoms with Crippen molar-refractivity contribution in [2.24, 2.45) is 0 Å². The summed E-state index contributed by atoms with van der Waals surface area (Å²) in [5.41, 5.74) is 3.36. The van der Waals surface area contributed by atoms with Crippen LogP contribution in [-0.4, -0.2) is 66.2 Å². The van der Waals surface area contributed by atoms with Gasteiger partial charge in [0.05, 0.1) is 22.7 Å². The highest BCUT2D eigenvalue weighted by molar-refractivity contribution is 7.89. The van der Waals surface area contributed by atoms with E-state index in [4.69, 9.17) is 11.6 Å². The second-order valence-electron chi connectivity index (χ2n) is 9.23. The second kappa shape index (κ2) is 10.7. The molecule has 0 bridgehead atoms. The fraction of sp³-hybridized carbons (Fsp3) is 0.346. The van der Waals surface area contributed by atoms with Crippen molar-refractivity contribution >= 4 is 44.9 Å². The van der Waals surface area contributed by atoms with Crippen LogP contribution in [0.1, 0.15) is 25.3 Å². The Bertz CT molecular complexity index is 1410. The first-order valence-electron chi connectivity index (χ1n) is 12.4. The van der Waals surface area contributed by atoms with Crippen molar-refractivity contribution in [3.8, 4) is 11.3 Å². The SMILES string of the molecule is CCCCN1CCN(S(=O)(=O)c2ccc(Nc3ncc4c(n3)-c3ccc(Cl)cc3NC(=O)C4)cc2)CC1. The zero-order valence-electron chi connectivity index (χ0n) is 20.6. The predicted molar refractivity (Wildman–Crippen MR) is 145 cm³/mol. The molecule has 11 heteroatoms. The van der Waals surface area contributed by atoms with Gasteiger partial charge in [0, 0.05) is 54.2 Å². The molecule has 37 heavy (non-hydrogen) atoms. The molecule has 2 aliphatic rings. The quantitative estimate of drug-likeness (QED) is 0.463. The Hall–Kier alpha value is -3.05. The lowest BCUT2D eigenvalue weighted by Crippen LogP contribution is -2.48. The van der Waals surface area contributed by atoms with Gasteiger partial charge in [-0.1, -0.05) is 24.9 Å². The number of unbranched alkanes of at least 4 members (excludes halogenated alkanes) is 1. The van der Waals surface area contributed by atoms with Crippen LogP contribution in [0, 0.1) is 0 Å². The van der Waals surface area contributed by atoms with Crippen LogP contribution in [0.25, 0.3) is 11.3 Å². The van der Waals surface area contributed by atoms with Crippen molar-refractivity contribution in [2.75, 3.05) is 43.4 Å². The Morgan fingerprint density at radius 2 is 1.84 bits per heavy atom. The van der Waals surface area contributed by atoms with E-state index in [-0.39, 0.29) is 17.2 Å². The van der Waals surface area contributed by atoms with E-state index in [1.165, 1.54) is 0 Å². The van der Waals surface area contributed by atoms with Crippen molar-refractivity contribution in [3.63, 3.8) is 0 Å². The topological polar surface area (TPSA) is 108 Å². The number of carbonyl (C=O) groups excluding carboxylic acids is 1. The highest BCUT2D eigenvalue weighted by atomic mass is 35.5. The minimum atomic E-state index is -3.56. The van der Waals surface area contributed by atoms with Crippen molar-refractivity contribution in [1.29, 1.82) is 0 Å². The largest absolute Gasteiger partial charge is 0.325 e. The molecule has 9 nitrogen and oxygen atoms in total. The van der Waals surface area contributed by atoms with Crippen LogP contribution in [0.3, 0.4) is 0 Å². The molecule has 1 saturated heterocycles. The monoisotopic (exact) mass is 540 g/mol. The number of piperazine rings is 1. The fourth-order valence-electron chi connectivity index (χ4n) is 4.59. The number of nitrogens with one attached hydrogen (secondary N) is 2. The second-order valence-corrected chi connectivity index (χ2v) is 11.6. The van der Waals surface area contributed by atoms with E-state index in [9.17, 15) is 13.2 Å². The number of hydrogen-bond donors (Lipinski definition) is 2. The molecule has 3 aromatic rings. The van der Waals surface area contributed by atoms with Crippen LogP contribution in [0.2, 0.25) is 5.02 Å². The van der Waals surface area contributed by atoms with Crippen molar-refractivity contribution in [1.82, 2.24) is 19.2 Å². The standard InChI is InChI=1S/C26H29ClN6O3S/c1-2-3-10-32-11-13-33(14-12-32)37(35,36)21-7-5-20(6-8-21)29-26-28-17-18-15-24(34)30-23-16-19(27)4-9-22(23)25(18)31-26/h4-9,16-17H,2-3,10-15H2,1H3,(H,30,34)(H,28,29,31). The lowest BCUT2D eigenvalue weighted by atomic mass is 10.1. The van der Waals surface area contributed by atoms with E-state index >= 15 is 0 Å². The number of nitrogens with zero attached hydrogens (tertiary/aromatic N) is 4. The van der Waals surface area contributed by atoms with Gasteiger partial charge in [0.2, 0.25) is 21.9 Å². The van der Waals surface area contributed by atoms with Gasteiger partial charge in [-0.3, -0.25) is 4.79 Å². The lowest BCUT2D eigenvalue weighted by molar-refractivity contribution is -0.115. The highest BCUT2D eigenvalue weighted by Crippen LogP contribution is 2.35. The van der Waals surface area contributed by atoms with E-state index in [1.54, 1.807) is 46.9 Å². The molecule has 0 radical (unpaired) electrons. The molecule has 1 fully saturated rings. The first-order valence-corrected chi connectivity index (χ1v) is 14.2. The van der Waals surface area contributed by atoms with Crippen LogP contribution < -0.4 is 10.6 Å². The molecule has 0 aliphatic carbocycles. The Labute approximate surface area is 221 Å². The summed E-state index contributed by atoms with van der Waals surface area (Å²) in [6.45, 7) is 5.68. The van der Waals surface area contributed by atoms with Crippen molar-refractivity contribution < 1.29 is 13.2 Å². The molecule has 1 aromatic heterocycles. The van der Waals surface area contributed by atoms with Gasteiger partial charge in [-0.05, 0) is 55.4 Å². The Morgan fingerprint density at radius 1 is 1.08 bits per heavy atom. The molecule has 1 amide bonds. The molecule has 0 unspecified atom stereocenters. The minimum absolute atomic E-state index is 0.154. The first kappa shape index (κ1) is 25.6. The van der Waals surface area contributed by atoms with Gasteiger partial charge < -0.3 is 15.5 Å². The summed E-state index contributed by atoms with van der Waals surface area (Å²) in [7, 11) is -3.56. The average Bonchev–Trinajstić information content (AvgIpc) is 3.02. The third kappa shape index (κ3) is 5.62. The normalized spacial score (nSPS) is 16.4. The van der Waals surface area contributed by atoms with Crippen LogP contribution in [0.4, 0.5) is 17.3 Å². The average molecular weight is 541 g/mol. The van der Waals surface area contributed by atoms with Gasteiger partial charge in [-0.15, -0.1) is 0 Å². The third-order valence-electron chi connectivity index (χ3n) is 6.63. The maximum atomic E-state index is 13.2. The number of hydrogen-bond acceptors (Lipinski definition) is 7. The van der Waals surface area contributed by atoms with Gasteiger partial charge in [0.1, 0.15) is 0 Å². The number of halogens is 1. The summed E-state index contributed by atoms with van der Waals surface area (Å²) in [4.78, 5) is 23.9. The van der Waals surface area contributed by atoms with E-state index in [0.717, 1.165) is 38.0 Å². The number of sulfonamides is 1. The highest BCUT2D eigenvalue weighted by Gasteiger charge is 2.28. The number of benzene rings is 2. The predicted octanol–water partition coefficient (Wildman–Crippen LogP) is 4.14. The van der Waals surface area contributed by atoms with E-state index < -0.39 is 10.0 Å². The fourth-order valence-corrected chi connectivity index (χ4v) is 6.18. The zero-order chi connectivity index (χ0) is 26.0. The summed E-state index contributed by atoms with van der Waals surface area (Å²) in [6.07, 6.45) is 4.05. The van der Waals surface area contributed by atoms with Gasteiger partial charge in [-0.2, -0.15) is 4.31 Å². The Morgan fingerprint density at radius 3 is 2.57 bits per heavy atom. The zero-order valence-corrected chi connectivity index (χ0v) is 22.1. The molecule has 5 rings (SSSR count). The summed E-state index contributed by atoms with van der Waals surface area (Å²) in [5.74, 6) is 0.179. The van der Waals surface area contributed by atoms with Crippen molar-refractivity contribution in [2.45, 2.75) is 31.1 Å². The molecular weight excluding hydrogens is 512 g/mol. The van der Waals surface area contributed by atoms with Gasteiger partial charge >= 0.3 is 0 Å². The molecule has 3 heterocycles. The number of fused-ring (bicyclic) bond motifs is 3. The number of anilines is 3. The van der Waals surface area contributed by atoms with Crippen LogP contribution in [0.15, 0.2) is 53.6 Å². The summed E-state index contributed by atoms with van der Waals surface area (Å²) >= 11 is 6.12. The molecule has 2 N–H and O–H groups in total. The maximum absolute atomic E-state index is 13.2. The van der Waals surface area contributed by atoms with Gasteiger partial charge in [0.15, 0.2) is 0 Å². The maximum Gasteiger partial charge on any atom is 0.243 e. The molecular formula is C26H29ClN6O3S. The van der Waals surface area contributed by atoms with Crippen LogP contribution >= 0.6 is 11.6 Å². The smallest absolute Gasteiger partial charge is 0.243 e. The molecule has 0 saturated carbocycles. The van der Waals surface area contributed by atoms with Crippen LogP contribution in [-0.2, 0) is 21.2 Å². The molecule has 2 aliphatic heterocycles. The minimum Gasteiger partial charge on any atom is -0.325 e. The van der Waals surface area contributed by atoms with E-state index in [1.807, 2.05) is 6.07 Å². The third-order valence-corrected chi connectivity index (χ3v) is 8.78. The summed E-state index contributed by atoms with van der Waals surface area (Å²) < 4.78 is 27.9. The molecule has 0 spiro atoms. The molecule has 194 valence electrons. The number of rotatable bonds is 7.